The zero-order chi connectivity index (χ0) is 13.4. The first kappa shape index (κ1) is 12.3. The summed E-state index contributed by atoms with van der Waals surface area (Å²) in [4.78, 5) is 25.2. The topological polar surface area (TPSA) is 75.3 Å². The zero-order valence-electron chi connectivity index (χ0n) is 10.7. The number of fused-ring (bicyclic) bond motifs is 1. The molecule has 100 valence electrons. The maximum absolute atomic E-state index is 11.7. The minimum Gasteiger partial charge on any atom is -0.383 e. The van der Waals surface area contributed by atoms with Crippen LogP contribution >= 0.6 is 11.3 Å². The van der Waals surface area contributed by atoms with Gasteiger partial charge in [0.2, 0.25) is 5.91 Å². The SMILES string of the molecule is CN1CCN(Cc2nc(N)c3ccsc3n2)CC1=O. The fourth-order valence-corrected chi connectivity index (χ4v) is 2.93. The molecule has 0 saturated carbocycles. The predicted molar refractivity (Wildman–Crippen MR) is 74.7 cm³/mol. The molecular formula is C12H15N5OS. The summed E-state index contributed by atoms with van der Waals surface area (Å²) in [5.74, 6) is 1.34. The highest BCUT2D eigenvalue weighted by atomic mass is 32.1. The molecule has 3 heterocycles. The van der Waals surface area contributed by atoms with Crippen LogP contribution in [0.15, 0.2) is 11.4 Å². The number of carbonyl (C=O) groups excluding carboxylic acids is 1. The van der Waals surface area contributed by atoms with Crippen LogP contribution in [0.25, 0.3) is 10.2 Å². The van der Waals surface area contributed by atoms with E-state index in [1.165, 1.54) is 0 Å². The number of nitrogens with zero attached hydrogens (tertiary/aromatic N) is 4. The second-order valence-electron chi connectivity index (χ2n) is 4.69. The quantitative estimate of drug-likeness (QED) is 0.867. The summed E-state index contributed by atoms with van der Waals surface area (Å²) in [5, 5.41) is 2.86. The van der Waals surface area contributed by atoms with Gasteiger partial charge in [-0.15, -0.1) is 11.3 Å². The van der Waals surface area contributed by atoms with Gasteiger partial charge in [0, 0.05) is 20.1 Å². The van der Waals surface area contributed by atoms with Gasteiger partial charge in [-0.3, -0.25) is 9.69 Å². The van der Waals surface area contributed by atoms with Crippen molar-refractivity contribution in [3.63, 3.8) is 0 Å². The molecule has 1 amide bonds. The van der Waals surface area contributed by atoms with E-state index in [9.17, 15) is 4.79 Å². The molecule has 0 spiro atoms. The molecule has 0 radical (unpaired) electrons. The van der Waals surface area contributed by atoms with E-state index in [1.807, 2.05) is 18.5 Å². The number of nitrogens with two attached hydrogens (primary N) is 1. The summed E-state index contributed by atoms with van der Waals surface area (Å²) in [7, 11) is 1.83. The number of piperazine rings is 1. The average molecular weight is 277 g/mol. The molecule has 0 aliphatic carbocycles. The molecule has 19 heavy (non-hydrogen) atoms. The molecule has 1 fully saturated rings. The minimum absolute atomic E-state index is 0.136. The Bertz CT molecular complexity index is 626. The van der Waals surface area contributed by atoms with Crippen molar-refractivity contribution in [3.05, 3.63) is 17.3 Å². The zero-order valence-corrected chi connectivity index (χ0v) is 11.5. The van der Waals surface area contributed by atoms with Crippen molar-refractivity contribution in [2.75, 3.05) is 32.4 Å². The lowest BCUT2D eigenvalue weighted by Crippen LogP contribution is -2.48. The first-order valence-corrected chi connectivity index (χ1v) is 6.97. The molecular weight excluding hydrogens is 262 g/mol. The van der Waals surface area contributed by atoms with Crippen LogP contribution in [0.4, 0.5) is 5.82 Å². The van der Waals surface area contributed by atoms with Gasteiger partial charge in [-0.2, -0.15) is 0 Å². The summed E-state index contributed by atoms with van der Waals surface area (Å²) in [6.45, 7) is 2.57. The highest BCUT2D eigenvalue weighted by Gasteiger charge is 2.21. The third-order valence-corrected chi connectivity index (χ3v) is 4.11. The Kier molecular flexibility index (Phi) is 3.08. The number of amides is 1. The Hall–Kier alpha value is -1.73. The van der Waals surface area contributed by atoms with Crippen molar-refractivity contribution >= 4 is 33.3 Å². The van der Waals surface area contributed by atoms with Gasteiger partial charge >= 0.3 is 0 Å². The van der Waals surface area contributed by atoms with Crippen molar-refractivity contribution in [2.45, 2.75) is 6.54 Å². The Labute approximate surface area is 114 Å². The highest BCUT2D eigenvalue weighted by molar-refractivity contribution is 7.16. The van der Waals surface area contributed by atoms with E-state index in [-0.39, 0.29) is 5.91 Å². The molecule has 2 aromatic rings. The van der Waals surface area contributed by atoms with E-state index in [1.54, 1.807) is 16.2 Å². The van der Waals surface area contributed by atoms with Gasteiger partial charge in [0.25, 0.3) is 0 Å². The number of anilines is 1. The number of nitrogen functional groups attached to an aromatic ring is 1. The van der Waals surface area contributed by atoms with E-state index in [0.29, 0.717) is 24.7 Å². The van der Waals surface area contributed by atoms with E-state index in [0.717, 1.165) is 23.3 Å². The molecule has 0 atom stereocenters. The molecule has 2 N–H and O–H groups in total. The third-order valence-electron chi connectivity index (χ3n) is 3.30. The fourth-order valence-electron chi connectivity index (χ4n) is 2.14. The predicted octanol–water partition coefficient (Wildman–Crippen LogP) is 0.547. The summed E-state index contributed by atoms with van der Waals surface area (Å²) >= 11 is 1.55. The van der Waals surface area contributed by atoms with Crippen LogP contribution < -0.4 is 5.73 Å². The summed E-state index contributed by atoms with van der Waals surface area (Å²) in [6, 6.07) is 1.93. The number of hydrogen-bond acceptors (Lipinski definition) is 6. The Morgan fingerprint density at radius 2 is 2.26 bits per heavy atom. The molecule has 3 rings (SSSR count). The molecule has 1 aliphatic heterocycles. The van der Waals surface area contributed by atoms with Crippen LogP contribution in [-0.2, 0) is 11.3 Å². The molecule has 0 aromatic carbocycles. The van der Waals surface area contributed by atoms with Crippen LogP contribution in [0.3, 0.4) is 0 Å². The van der Waals surface area contributed by atoms with Gasteiger partial charge in [-0.1, -0.05) is 0 Å². The summed E-state index contributed by atoms with van der Waals surface area (Å²) < 4.78 is 0. The number of aromatic nitrogens is 2. The van der Waals surface area contributed by atoms with E-state index < -0.39 is 0 Å². The van der Waals surface area contributed by atoms with E-state index >= 15 is 0 Å². The molecule has 0 unspecified atom stereocenters. The first-order valence-electron chi connectivity index (χ1n) is 6.09. The minimum atomic E-state index is 0.136. The maximum Gasteiger partial charge on any atom is 0.236 e. The van der Waals surface area contributed by atoms with Crippen molar-refractivity contribution in [1.29, 1.82) is 0 Å². The maximum atomic E-state index is 11.7. The molecule has 0 bridgehead atoms. The smallest absolute Gasteiger partial charge is 0.236 e. The number of thiophene rings is 1. The van der Waals surface area contributed by atoms with E-state index in [2.05, 4.69) is 14.9 Å². The number of rotatable bonds is 2. The first-order chi connectivity index (χ1) is 9.13. The van der Waals surface area contributed by atoms with Crippen molar-refractivity contribution in [1.82, 2.24) is 19.8 Å². The molecule has 1 aliphatic rings. The number of carbonyl (C=O) groups is 1. The van der Waals surface area contributed by atoms with Gasteiger partial charge in [-0.05, 0) is 11.4 Å². The van der Waals surface area contributed by atoms with Gasteiger partial charge in [0.05, 0.1) is 18.5 Å². The lowest BCUT2D eigenvalue weighted by atomic mass is 10.3. The second-order valence-corrected chi connectivity index (χ2v) is 5.59. The largest absolute Gasteiger partial charge is 0.383 e. The Morgan fingerprint density at radius 1 is 1.42 bits per heavy atom. The number of likely N-dealkylation sites (N-methyl/N-ethyl adjacent to an activating group) is 1. The number of hydrogen-bond donors (Lipinski definition) is 1. The standard InChI is InChI=1S/C12H15N5OS/c1-16-3-4-17(7-10(16)18)6-9-14-11(13)8-2-5-19-12(8)15-9/h2,5H,3-4,6-7H2,1H3,(H2,13,14,15). The monoisotopic (exact) mass is 277 g/mol. The molecule has 6 nitrogen and oxygen atoms in total. The third kappa shape index (κ3) is 2.39. The van der Waals surface area contributed by atoms with Gasteiger partial charge in [0.15, 0.2) is 0 Å². The van der Waals surface area contributed by atoms with Gasteiger partial charge in [-0.25, -0.2) is 9.97 Å². The van der Waals surface area contributed by atoms with Crippen molar-refractivity contribution < 1.29 is 4.79 Å². The fraction of sp³-hybridized carbons (Fsp3) is 0.417. The Morgan fingerprint density at radius 3 is 3.05 bits per heavy atom. The van der Waals surface area contributed by atoms with E-state index in [4.69, 9.17) is 5.73 Å². The Balaban J connectivity index is 1.79. The van der Waals surface area contributed by atoms with Crippen LogP contribution in [0, 0.1) is 0 Å². The lowest BCUT2D eigenvalue weighted by molar-refractivity contribution is -0.134. The van der Waals surface area contributed by atoms with Crippen molar-refractivity contribution in [2.24, 2.45) is 0 Å². The summed E-state index contributed by atoms with van der Waals surface area (Å²) in [5.41, 5.74) is 5.92. The molecule has 7 heteroatoms. The van der Waals surface area contributed by atoms with Crippen LogP contribution in [0.1, 0.15) is 5.82 Å². The summed E-state index contributed by atoms with van der Waals surface area (Å²) in [6.07, 6.45) is 0. The molecule has 2 aromatic heterocycles. The highest BCUT2D eigenvalue weighted by Crippen LogP contribution is 2.23. The van der Waals surface area contributed by atoms with Gasteiger partial charge < -0.3 is 10.6 Å². The normalized spacial score (nSPS) is 17.3. The van der Waals surface area contributed by atoms with Crippen LogP contribution in [-0.4, -0.2) is 52.4 Å². The second kappa shape index (κ2) is 4.75. The van der Waals surface area contributed by atoms with Crippen LogP contribution in [0.5, 0.6) is 0 Å². The van der Waals surface area contributed by atoms with Crippen LogP contribution in [0.2, 0.25) is 0 Å². The molecule has 1 saturated heterocycles. The lowest BCUT2D eigenvalue weighted by Gasteiger charge is -2.31. The average Bonchev–Trinajstić information content (AvgIpc) is 2.82. The van der Waals surface area contributed by atoms with Crippen molar-refractivity contribution in [3.8, 4) is 0 Å². The van der Waals surface area contributed by atoms with Gasteiger partial charge in [0.1, 0.15) is 16.5 Å².